The predicted molar refractivity (Wildman–Crippen MR) is 210 cm³/mol. The zero-order valence-electron chi connectivity index (χ0n) is 33.0. The second kappa shape index (κ2) is 38.5. The maximum atomic E-state index is 12.3. The molecule has 0 fully saturated rings. The molecule has 0 aliphatic carbocycles. The molecule has 0 spiro atoms. The van der Waals surface area contributed by atoms with Gasteiger partial charge in [0.05, 0.1) is 18.8 Å². The first-order valence-electron chi connectivity index (χ1n) is 21.9. The van der Waals surface area contributed by atoms with Gasteiger partial charge in [-0.25, -0.2) is 0 Å². The molecule has 6 heteroatoms. The average molecular weight is 698 g/mol. The molecule has 0 bridgehead atoms. The van der Waals surface area contributed by atoms with E-state index in [1.807, 2.05) is 6.92 Å². The number of aliphatic hydroxyl groups is 4. The molecule has 0 aromatic carbocycles. The molecule has 4 unspecified atom stereocenters. The topological polar surface area (TPSA) is 110 Å². The quantitative estimate of drug-likeness (QED) is 0.0409. The van der Waals surface area contributed by atoms with Crippen LogP contribution in [0.4, 0.5) is 0 Å². The van der Waals surface area contributed by atoms with Crippen LogP contribution in [-0.2, 0) is 4.79 Å². The Bertz CT molecular complexity index is 662. The van der Waals surface area contributed by atoms with Gasteiger partial charge < -0.3 is 25.7 Å². The van der Waals surface area contributed by atoms with Crippen LogP contribution in [0.25, 0.3) is 0 Å². The fraction of sp³-hybridized carbons (Fsp3) is 0.977. The number of carbonyl (C=O) groups excluding carboxylic acids is 1. The fourth-order valence-corrected chi connectivity index (χ4v) is 7.04. The van der Waals surface area contributed by atoms with Crippen LogP contribution in [-0.4, -0.2) is 57.3 Å². The van der Waals surface area contributed by atoms with E-state index in [2.05, 4.69) is 12.2 Å². The summed E-state index contributed by atoms with van der Waals surface area (Å²) in [5.74, 6) is -0.591. The minimum absolute atomic E-state index is 0.373. The van der Waals surface area contributed by atoms with Crippen molar-refractivity contribution in [1.29, 1.82) is 0 Å². The number of nitrogens with one attached hydrogen (secondary N) is 1. The number of hydrogen-bond acceptors (Lipinski definition) is 5. The van der Waals surface area contributed by atoms with Crippen LogP contribution < -0.4 is 5.32 Å². The Hall–Kier alpha value is -0.690. The van der Waals surface area contributed by atoms with E-state index in [0.29, 0.717) is 12.8 Å². The molecule has 6 nitrogen and oxygen atoms in total. The van der Waals surface area contributed by atoms with Crippen LogP contribution in [0, 0.1) is 0 Å². The van der Waals surface area contributed by atoms with E-state index in [1.54, 1.807) is 0 Å². The van der Waals surface area contributed by atoms with Crippen LogP contribution in [0.3, 0.4) is 0 Å². The first-order chi connectivity index (χ1) is 24.0. The number of aliphatic hydroxyl groups excluding tert-OH is 4. The van der Waals surface area contributed by atoms with Crippen molar-refractivity contribution in [3.63, 3.8) is 0 Å². The summed E-state index contributed by atoms with van der Waals surface area (Å²) in [7, 11) is 0. The molecular weight excluding hydrogens is 610 g/mol. The summed E-state index contributed by atoms with van der Waals surface area (Å²) in [6.07, 6.45) is 41.5. The Morgan fingerprint density at radius 3 is 1.00 bits per heavy atom. The number of amides is 1. The first kappa shape index (κ1) is 48.3. The molecule has 0 rings (SSSR count). The zero-order valence-corrected chi connectivity index (χ0v) is 33.0. The third-order valence-electron chi connectivity index (χ3n) is 10.6. The van der Waals surface area contributed by atoms with Gasteiger partial charge in [-0.3, -0.25) is 4.79 Å². The normalized spacial score (nSPS) is 14.2. The summed E-state index contributed by atoms with van der Waals surface area (Å²) in [4.78, 5) is 12.3. The molecule has 0 aliphatic heterocycles. The van der Waals surface area contributed by atoms with Crippen molar-refractivity contribution >= 4 is 5.91 Å². The van der Waals surface area contributed by atoms with Gasteiger partial charge in [0.2, 0.25) is 5.91 Å². The summed E-state index contributed by atoms with van der Waals surface area (Å²) in [6, 6.07) is -0.975. The van der Waals surface area contributed by atoms with E-state index in [0.717, 1.165) is 32.1 Å². The van der Waals surface area contributed by atoms with E-state index in [1.165, 1.54) is 180 Å². The SMILES string of the molecule is CCCCCCCCCCCCCCCCCCCCCCCCCCCCCCCCCC(O)C(=O)NC(CO)C(O)C(O)CCCC. The van der Waals surface area contributed by atoms with Gasteiger partial charge in [0.1, 0.15) is 12.2 Å². The maximum absolute atomic E-state index is 12.3. The molecule has 0 saturated carbocycles. The van der Waals surface area contributed by atoms with Crippen LogP contribution >= 0.6 is 0 Å². The molecule has 0 radical (unpaired) electrons. The lowest BCUT2D eigenvalue weighted by atomic mass is 10.0. The average Bonchev–Trinajstić information content (AvgIpc) is 3.11. The minimum Gasteiger partial charge on any atom is -0.394 e. The van der Waals surface area contributed by atoms with Gasteiger partial charge in [0.25, 0.3) is 0 Å². The van der Waals surface area contributed by atoms with Crippen LogP contribution in [0.2, 0.25) is 0 Å². The van der Waals surface area contributed by atoms with Gasteiger partial charge in [-0.2, -0.15) is 0 Å². The summed E-state index contributed by atoms with van der Waals surface area (Å²) in [5, 5.41) is 42.5. The number of hydrogen-bond donors (Lipinski definition) is 5. The van der Waals surface area contributed by atoms with E-state index in [4.69, 9.17) is 0 Å². The van der Waals surface area contributed by atoms with Crippen molar-refractivity contribution in [2.24, 2.45) is 0 Å². The van der Waals surface area contributed by atoms with Crippen molar-refractivity contribution in [3.8, 4) is 0 Å². The lowest BCUT2D eigenvalue weighted by Crippen LogP contribution is -2.53. The Balaban J connectivity index is 3.36. The summed E-state index contributed by atoms with van der Waals surface area (Å²) < 4.78 is 0. The van der Waals surface area contributed by atoms with Crippen molar-refractivity contribution in [1.82, 2.24) is 5.32 Å². The fourth-order valence-electron chi connectivity index (χ4n) is 7.04. The molecule has 5 N–H and O–H groups in total. The van der Waals surface area contributed by atoms with E-state index >= 15 is 0 Å². The molecule has 0 heterocycles. The number of rotatable bonds is 40. The Morgan fingerprint density at radius 1 is 0.429 bits per heavy atom. The smallest absolute Gasteiger partial charge is 0.249 e. The van der Waals surface area contributed by atoms with E-state index in [-0.39, 0.29) is 0 Å². The van der Waals surface area contributed by atoms with Crippen molar-refractivity contribution in [2.45, 2.75) is 263 Å². The van der Waals surface area contributed by atoms with Gasteiger partial charge >= 0.3 is 0 Å². The van der Waals surface area contributed by atoms with Crippen LogP contribution in [0.5, 0.6) is 0 Å². The molecule has 0 aliphatic rings. The highest BCUT2D eigenvalue weighted by molar-refractivity contribution is 5.80. The summed E-state index contributed by atoms with van der Waals surface area (Å²) >= 11 is 0. The van der Waals surface area contributed by atoms with E-state index in [9.17, 15) is 25.2 Å². The highest BCUT2D eigenvalue weighted by Crippen LogP contribution is 2.17. The third-order valence-corrected chi connectivity index (χ3v) is 10.6. The second-order valence-corrected chi connectivity index (χ2v) is 15.4. The minimum atomic E-state index is -1.25. The predicted octanol–water partition coefficient (Wildman–Crippen LogP) is 11.2. The molecule has 294 valence electrons. The molecular formula is C43H87NO5. The largest absolute Gasteiger partial charge is 0.394 e. The molecule has 0 saturated heterocycles. The lowest BCUT2D eigenvalue weighted by molar-refractivity contribution is -0.132. The van der Waals surface area contributed by atoms with Gasteiger partial charge in [-0.15, -0.1) is 0 Å². The van der Waals surface area contributed by atoms with Crippen LogP contribution in [0.15, 0.2) is 0 Å². The standard InChI is InChI=1S/C43H87NO5/c1-3-5-7-8-9-10-11-12-13-14-15-16-17-18-19-20-21-22-23-24-25-26-27-28-29-30-31-32-33-34-35-37-41(47)43(49)44-39(38-45)42(48)40(46)36-6-4-2/h39-42,45-48H,3-38H2,1-2H3,(H,44,49). The first-order valence-corrected chi connectivity index (χ1v) is 21.9. The molecule has 4 atom stereocenters. The zero-order chi connectivity index (χ0) is 36.0. The number of unbranched alkanes of at least 4 members (excludes halogenated alkanes) is 31. The molecule has 1 amide bonds. The van der Waals surface area contributed by atoms with Gasteiger partial charge in [0.15, 0.2) is 0 Å². The van der Waals surface area contributed by atoms with Crippen molar-refractivity contribution < 1.29 is 25.2 Å². The Morgan fingerprint density at radius 2 is 0.714 bits per heavy atom. The van der Waals surface area contributed by atoms with Gasteiger partial charge in [0, 0.05) is 0 Å². The second-order valence-electron chi connectivity index (χ2n) is 15.4. The van der Waals surface area contributed by atoms with Crippen LogP contribution in [0.1, 0.15) is 239 Å². The highest BCUT2D eigenvalue weighted by atomic mass is 16.3. The Kier molecular flexibility index (Phi) is 38.0. The van der Waals surface area contributed by atoms with Crippen molar-refractivity contribution in [3.05, 3.63) is 0 Å². The summed E-state index contributed by atoms with van der Waals surface area (Å²) in [5.41, 5.74) is 0. The lowest BCUT2D eigenvalue weighted by Gasteiger charge is -2.27. The molecule has 0 aromatic heterocycles. The van der Waals surface area contributed by atoms with Gasteiger partial charge in [-0.05, 0) is 12.8 Å². The molecule has 0 aromatic rings. The maximum Gasteiger partial charge on any atom is 0.249 e. The van der Waals surface area contributed by atoms with Gasteiger partial charge in [-0.1, -0.05) is 226 Å². The van der Waals surface area contributed by atoms with Crippen molar-refractivity contribution in [2.75, 3.05) is 6.61 Å². The Labute approximate surface area is 305 Å². The molecule has 49 heavy (non-hydrogen) atoms. The highest BCUT2D eigenvalue weighted by Gasteiger charge is 2.28. The summed E-state index contributed by atoms with van der Waals surface area (Å²) in [6.45, 7) is 3.80. The third kappa shape index (κ3) is 32.9. The monoisotopic (exact) mass is 698 g/mol. The van der Waals surface area contributed by atoms with E-state index < -0.39 is 36.9 Å². The number of carbonyl (C=O) groups is 1.